The first-order chi connectivity index (χ1) is 11.6. The van der Waals surface area contributed by atoms with Crippen LogP contribution in [0.25, 0.3) is 10.9 Å². The molecule has 2 aromatic carbocycles. The highest BCUT2D eigenvalue weighted by molar-refractivity contribution is 6.32. The van der Waals surface area contributed by atoms with Crippen molar-refractivity contribution in [1.82, 2.24) is 4.98 Å². The zero-order valence-electron chi connectivity index (χ0n) is 13.7. The van der Waals surface area contributed by atoms with E-state index in [1.54, 1.807) is 6.07 Å². The fourth-order valence-electron chi connectivity index (χ4n) is 2.55. The lowest BCUT2D eigenvalue weighted by Crippen LogP contribution is -2.15. The molecular formula is C19H19ClN2O2. The van der Waals surface area contributed by atoms with Gasteiger partial charge in [-0.15, -0.1) is 0 Å². The number of aromatic nitrogens is 1. The van der Waals surface area contributed by atoms with E-state index in [1.807, 2.05) is 50.2 Å². The molecule has 0 aliphatic rings. The standard InChI is InChI=1S/C19H19ClN2O2/c1-3-24-16-6-4-15(5-7-16)21-11-14-9-13-8-12(2)17(20)10-18(13)22-19(14)23/h4-10,21H,3,11H2,1-2H3,(H,22,23). The van der Waals surface area contributed by atoms with Gasteiger partial charge in [0.2, 0.25) is 0 Å². The highest BCUT2D eigenvalue weighted by atomic mass is 35.5. The first-order valence-corrected chi connectivity index (χ1v) is 8.23. The highest BCUT2D eigenvalue weighted by Gasteiger charge is 2.06. The molecule has 2 N–H and O–H groups in total. The molecule has 0 saturated carbocycles. The maximum atomic E-state index is 12.2. The van der Waals surface area contributed by atoms with Gasteiger partial charge in [-0.25, -0.2) is 0 Å². The number of benzene rings is 2. The lowest BCUT2D eigenvalue weighted by Gasteiger charge is -2.09. The molecule has 0 unspecified atom stereocenters. The average molecular weight is 343 g/mol. The summed E-state index contributed by atoms with van der Waals surface area (Å²) in [6.45, 7) is 4.99. The van der Waals surface area contributed by atoms with Crippen molar-refractivity contribution in [1.29, 1.82) is 0 Å². The van der Waals surface area contributed by atoms with Crippen molar-refractivity contribution >= 4 is 28.2 Å². The van der Waals surface area contributed by atoms with E-state index >= 15 is 0 Å². The Morgan fingerprint density at radius 3 is 2.62 bits per heavy atom. The Morgan fingerprint density at radius 2 is 1.92 bits per heavy atom. The number of nitrogens with one attached hydrogen (secondary N) is 2. The third kappa shape index (κ3) is 3.54. The van der Waals surface area contributed by atoms with E-state index in [2.05, 4.69) is 10.3 Å². The number of H-pyrrole nitrogens is 1. The SMILES string of the molecule is CCOc1ccc(NCc2cc3cc(C)c(Cl)cc3[nH]c2=O)cc1. The number of hydrogen-bond donors (Lipinski definition) is 2. The second-order valence-corrected chi connectivity index (χ2v) is 6.03. The second-order valence-electron chi connectivity index (χ2n) is 5.62. The lowest BCUT2D eigenvalue weighted by atomic mass is 10.1. The van der Waals surface area contributed by atoms with Crippen LogP contribution in [0.1, 0.15) is 18.1 Å². The van der Waals surface area contributed by atoms with Crippen molar-refractivity contribution in [3.8, 4) is 5.75 Å². The van der Waals surface area contributed by atoms with E-state index in [4.69, 9.17) is 16.3 Å². The summed E-state index contributed by atoms with van der Waals surface area (Å²) in [4.78, 5) is 15.1. The number of rotatable bonds is 5. The Morgan fingerprint density at radius 1 is 1.17 bits per heavy atom. The molecule has 0 bridgehead atoms. The van der Waals surface area contributed by atoms with Crippen LogP contribution in [0.2, 0.25) is 5.02 Å². The van der Waals surface area contributed by atoms with Crippen molar-refractivity contribution in [2.45, 2.75) is 20.4 Å². The van der Waals surface area contributed by atoms with Gasteiger partial charge in [0.1, 0.15) is 5.75 Å². The fraction of sp³-hybridized carbons (Fsp3) is 0.211. The first-order valence-electron chi connectivity index (χ1n) is 7.85. The van der Waals surface area contributed by atoms with Crippen molar-refractivity contribution in [3.05, 3.63) is 69.0 Å². The summed E-state index contributed by atoms with van der Waals surface area (Å²) in [5.74, 6) is 0.832. The third-order valence-electron chi connectivity index (χ3n) is 3.85. The van der Waals surface area contributed by atoms with Crippen molar-refractivity contribution in [2.24, 2.45) is 0 Å². The molecular weight excluding hydrogens is 324 g/mol. The van der Waals surface area contributed by atoms with Crippen molar-refractivity contribution in [2.75, 3.05) is 11.9 Å². The molecule has 5 heteroatoms. The molecule has 124 valence electrons. The topological polar surface area (TPSA) is 54.1 Å². The van der Waals surface area contributed by atoms with Gasteiger partial charge in [0.15, 0.2) is 0 Å². The summed E-state index contributed by atoms with van der Waals surface area (Å²) in [6, 6.07) is 13.3. The van der Waals surface area contributed by atoms with Gasteiger partial charge in [-0.1, -0.05) is 11.6 Å². The number of halogens is 1. The molecule has 0 amide bonds. The molecule has 0 aliphatic carbocycles. The van der Waals surface area contributed by atoms with E-state index < -0.39 is 0 Å². The first kappa shape index (κ1) is 16.4. The predicted molar refractivity (Wildman–Crippen MR) is 99.3 cm³/mol. The Bertz CT molecular complexity index is 917. The highest BCUT2D eigenvalue weighted by Crippen LogP contribution is 2.22. The summed E-state index contributed by atoms with van der Waals surface area (Å²) in [6.07, 6.45) is 0. The average Bonchev–Trinajstić information content (AvgIpc) is 2.56. The lowest BCUT2D eigenvalue weighted by molar-refractivity contribution is 0.340. The second kappa shape index (κ2) is 6.97. The quantitative estimate of drug-likeness (QED) is 0.717. The van der Waals surface area contributed by atoms with E-state index in [9.17, 15) is 4.79 Å². The maximum Gasteiger partial charge on any atom is 0.253 e. The minimum absolute atomic E-state index is 0.110. The smallest absolute Gasteiger partial charge is 0.253 e. The normalized spacial score (nSPS) is 10.8. The molecule has 0 radical (unpaired) electrons. The van der Waals surface area contributed by atoms with Crippen LogP contribution in [-0.2, 0) is 6.54 Å². The molecule has 3 aromatic rings. The van der Waals surface area contributed by atoms with Crippen molar-refractivity contribution in [3.63, 3.8) is 0 Å². The molecule has 3 rings (SSSR count). The Balaban J connectivity index is 1.80. The zero-order chi connectivity index (χ0) is 17.1. The van der Waals surface area contributed by atoms with Gasteiger partial charge in [0.25, 0.3) is 5.56 Å². The molecule has 1 aromatic heterocycles. The van der Waals surface area contributed by atoms with Gasteiger partial charge in [-0.3, -0.25) is 4.79 Å². The summed E-state index contributed by atoms with van der Waals surface area (Å²) in [5, 5.41) is 4.88. The number of aryl methyl sites for hydroxylation is 1. The fourth-order valence-corrected chi connectivity index (χ4v) is 2.72. The van der Waals surface area contributed by atoms with E-state index in [0.29, 0.717) is 23.7 Å². The number of hydrogen-bond acceptors (Lipinski definition) is 3. The number of aromatic amines is 1. The number of pyridine rings is 1. The molecule has 0 fully saturated rings. The van der Waals surface area contributed by atoms with Crippen LogP contribution in [0.15, 0.2) is 47.3 Å². The molecule has 4 nitrogen and oxygen atoms in total. The monoisotopic (exact) mass is 342 g/mol. The van der Waals surface area contributed by atoms with Crippen LogP contribution in [0, 0.1) is 6.92 Å². The summed E-state index contributed by atoms with van der Waals surface area (Å²) in [7, 11) is 0. The summed E-state index contributed by atoms with van der Waals surface area (Å²) < 4.78 is 5.42. The maximum absolute atomic E-state index is 12.2. The molecule has 24 heavy (non-hydrogen) atoms. The van der Waals surface area contributed by atoms with Crippen LogP contribution < -0.4 is 15.6 Å². The van der Waals surface area contributed by atoms with Gasteiger partial charge in [0, 0.05) is 28.3 Å². The predicted octanol–water partition coefficient (Wildman–Crippen LogP) is 4.50. The number of anilines is 1. The van der Waals surface area contributed by atoms with Crippen LogP contribution in [0.3, 0.4) is 0 Å². The number of ether oxygens (including phenoxy) is 1. The molecule has 0 atom stereocenters. The molecule has 0 spiro atoms. The van der Waals surface area contributed by atoms with E-state index in [-0.39, 0.29) is 5.56 Å². The van der Waals surface area contributed by atoms with Gasteiger partial charge in [-0.05, 0) is 67.3 Å². The third-order valence-corrected chi connectivity index (χ3v) is 4.26. The van der Waals surface area contributed by atoms with Gasteiger partial charge >= 0.3 is 0 Å². The summed E-state index contributed by atoms with van der Waals surface area (Å²) in [5.41, 5.74) is 3.24. The molecule has 0 saturated heterocycles. The Hall–Kier alpha value is -2.46. The minimum atomic E-state index is -0.110. The van der Waals surface area contributed by atoms with E-state index in [0.717, 1.165) is 27.9 Å². The van der Waals surface area contributed by atoms with Crippen LogP contribution in [0.4, 0.5) is 5.69 Å². The Kier molecular flexibility index (Phi) is 4.76. The van der Waals surface area contributed by atoms with Gasteiger partial charge in [0.05, 0.1) is 6.61 Å². The molecule has 0 aliphatic heterocycles. The van der Waals surface area contributed by atoms with Gasteiger partial charge < -0.3 is 15.0 Å². The van der Waals surface area contributed by atoms with E-state index in [1.165, 1.54) is 0 Å². The van der Waals surface area contributed by atoms with Crippen LogP contribution in [-0.4, -0.2) is 11.6 Å². The van der Waals surface area contributed by atoms with Crippen LogP contribution in [0.5, 0.6) is 5.75 Å². The summed E-state index contributed by atoms with van der Waals surface area (Å²) >= 11 is 6.11. The zero-order valence-corrected chi connectivity index (χ0v) is 14.4. The van der Waals surface area contributed by atoms with Crippen molar-refractivity contribution < 1.29 is 4.74 Å². The number of fused-ring (bicyclic) bond motifs is 1. The minimum Gasteiger partial charge on any atom is -0.494 e. The van der Waals surface area contributed by atoms with Gasteiger partial charge in [-0.2, -0.15) is 0 Å². The molecule has 1 heterocycles. The Labute approximate surface area is 145 Å². The van der Waals surface area contributed by atoms with Crippen LogP contribution >= 0.6 is 11.6 Å². The largest absolute Gasteiger partial charge is 0.494 e.